The van der Waals surface area contributed by atoms with E-state index in [-0.39, 0.29) is 5.75 Å². The summed E-state index contributed by atoms with van der Waals surface area (Å²) in [6.07, 6.45) is -1.09. The van der Waals surface area contributed by atoms with Crippen LogP contribution in [0.25, 0.3) is 11.1 Å². The molecule has 0 bridgehead atoms. The molecule has 30 heavy (non-hydrogen) atoms. The normalized spacial score (nSPS) is 16.2. The lowest BCUT2D eigenvalue weighted by Crippen LogP contribution is -2.33. The highest BCUT2D eigenvalue weighted by molar-refractivity contribution is 8.08. The van der Waals surface area contributed by atoms with Gasteiger partial charge in [-0.1, -0.05) is 17.8 Å². The van der Waals surface area contributed by atoms with E-state index >= 15 is 0 Å². The number of fused-ring (bicyclic) bond motifs is 1. The Balaban J connectivity index is 1.82. The number of ether oxygens (including phenoxy) is 1. The molecule has 0 unspecified atom stereocenters. The standard InChI is InChI=1S/C20H17F3N4OS2/c1-3-27-16(10-12-6-4-5-9-25-12)30-17(18(27)24)19-26(2)14-8-7-13(11-15(14)29-19)28-20(21,22)23/h4-11,24H,3H2,1-2H3. The molecule has 0 saturated carbocycles. The van der Waals surface area contributed by atoms with Crippen LogP contribution in [-0.4, -0.2) is 23.0 Å². The molecule has 5 nitrogen and oxygen atoms in total. The van der Waals surface area contributed by atoms with Crippen molar-refractivity contribution in [3.8, 4) is 5.75 Å². The van der Waals surface area contributed by atoms with Crippen LogP contribution < -0.4 is 24.3 Å². The predicted octanol–water partition coefficient (Wildman–Crippen LogP) is 3.48. The number of hydrogen-bond donors (Lipinski definition) is 1. The maximum atomic E-state index is 12.6. The molecule has 0 spiro atoms. The van der Waals surface area contributed by atoms with Crippen molar-refractivity contribution in [3.05, 3.63) is 63.0 Å². The van der Waals surface area contributed by atoms with Gasteiger partial charge in [-0.15, -0.1) is 24.5 Å². The van der Waals surface area contributed by atoms with Crippen molar-refractivity contribution in [2.45, 2.75) is 24.7 Å². The van der Waals surface area contributed by atoms with E-state index in [2.05, 4.69) is 9.72 Å². The molecular formula is C20H17F3N4OS2. The molecule has 10 heteroatoms. The van der Waals surface area contributed by atoms with E-state index in [0.29, 0.717) is 16.9 Å². The molecule has 1 aromatic carbocycles. The fraction of sp³-hybridized carbons (Fsp3) is 0.200. The minimum atomic E-state index is -4.74. The Bertz CT molecular complexity index is 1270. The topological polar surface area (TPSA) is 54.1 Å². The van der Waals surface area contributed by atoms with Crippen molar-refractivity contribution < 1.29 is 17.9 Å². The number of hydrogen-bond acceptors (Lipinski definition) is 6. The fourth-order valence-corrected chi connectivity index (χ4v) is 5.64. The van der Waals surface area contributed by atoms with E-state index in [1.54, 1.807) is 12.3 Å². The highest BCUT2D eigenvalue weighted by Crippen LogP contribution is 2.47. The Hall–Kier alpha value is -2.72. The zero-order valence-electron chi connectivity index (χ0n) is 16.0. The number of rotatable bonds is 3. The van der Waals surface area contributed by atoms with Gasteiger partial charge in [0, 0.05) is 24.7 Å². The number of alkyl halides is 3. The number of nitrogens with one attached hydrogen (secondary N) is 1. The second-order valence-corrected chi connectivity index (χ2v) is 8.47. The first-order valence-corrected chi connectivity index (χ1v) is 10.6. The van der Waals surface area contributed by atoms with Gasteiger partial charge in [-0.3, -0.25) is 10.4 Å². The minimum Gasteiger partial charge on any atom is -0.406 e. The Morgan fingerprint density at radius 3 is 2.70 bits per heavy atom. The second kappa shape index (κ2) is 7.84. The van der Waals surface area contributed by atoms with Crippen LogP contribution in [0.15, 0.2) is 47.5 Å². The summed E-state index contributed by atoms with van der Waals surface area (Å²) >= 11 is 2.79. The number of anilines is 1. The molecule has 1 aliphatic heterocycles. The Morgan fingerprint density at radius 2 is 2.03 bits per heavy atom. The molecule has 1 N–H and O–H groups in total. The van der Waals surface area contributed by atoms with Gasteiger partial charge in [0.05, 0.1) is 16.0 Å². The number of nitrogens with zero attached hydrogens (tertiary/aromatic N) is 3. The average molecular weight is 451 g/mol. The molecular weight excluding hydrogens is 433 g/mol. The summed E-state index contributed by atoms with van der Waals surface area (Å²) in [5.41, 5.74) is 1.93. The van der Waals surface area contributed by atoms with Gasteiger partial charge in [-0.05, 0) is 43.3 Å². The van der Waals surface area contributed by atoms with Crippen molar-refractivity contribution >= 4 is 39.9 Å². The van der Waals surface area contributed by atoms with Crippen molar-refractivity contribution in [3.63, 3.8) is 0 Å². The lowest BCUT2D eigenvalue weighted by molar-refractivity contribution is -0.274. The third-order valence-electron chi connectivity index (χ3n) is 4.46. The van der Waals surface area contributed by atoms with Crippen molar-refractivity contribution in [2.24, 2.45) is 0 Å². The van der Waals surface area contributed by atoms with Crippen LogP contribution in [0.2, 0.25) is 0 Å². The van der Waals surface area contributed by atoms with E-state index in [1.165, 1.54) is 35.2 Å². The number of thiazole rings is 1. The summed E-state index contributed by atoms with van der Waals surface area (Å²) in [6, 6.07) is 9.91. The van der Waals surface area contributed by atoms with E-state index in [0.717, 1.165) is 25.6 Å². The highest BCUT2D eigenvalue weighted by atomic mass is 32.2. The summed E-state index contributed by atoms with van der Waals surface area (Å²) in [7, 11) is 1.84. The number of thioether (sulfide) groups is 1. The van der Waals surface area contributed by atoms with Gasteiger partial charge in [0.1, 0.15) is 20.8 Å². The highest BCUT2D eigenvalue weighted by Gasteiger charge is 2.32. The molecule has 0 amide bonds. The van der Waals surface area contributed by atoms with Crippen LogP contribution in [0.3, 0.4) is 0 Å². The van der Waals surface area contributed by atoms with Gasteiger partial charge in [0.15, 0.2) is 0 Å². The molecule has 1 aliphatic rings. The third kappa shape index (κ3) is 3.97. The predicted molar refractivity (Wildman–Crippen MR) is 112 cm³/mol. The summed E-state index contributed by atoms with van der Waals surface area (Å²) in [6.45, 7) is 2.59. The monoisotopic (exact) mass is 450 g/mol. The molecule has 0 atom stereocenters. The SMILES string of the molecule is CCn1c(=Cc2ccccn2)sc(=C2Sc3cc(OC(F)(F)F)ccc3N2C)c1=N. The van der Waals surface area contributed by atoms with Crippen molar-refractivity contribution in [2.75, 3.05) is 11.9 Å². The number of benzene rings is 1. The number of pyridine rings is 1. The molecule has 0 fully saturated rings. The largest absolute Gasteiger partial charge is 0.573 e. The molecule has 4 rings (SSSR count). The maximum Gasteiger partial charge on any atom is 0.573 e. The van der Waals surface area contributed by atoms with E-state index in [1.807, 2.05) is 47.7 Å². The summed E-state index contributed by atoms with van der Waals surface area (Å²) < 4.78 is 45.2. The van der Waals surface area contributed by atoms with E-state index < -0.39 is 6.36 Å². The van der Waals surface area contributed by atoms with Gasteiger partial charge in [0.25, 0.3) is 0 Å². The van der Waals surface area contributed by atoms with Gasteiger partial charge in [-0.2, -0.15) is 0 Å². The van der Waals surface area contributed by atoms with Gasteiger partial charge >= 0.3 is 6.36 Å². The molecule has 2 aromatic heterocycles. The van der Waals surface area contributed by atoms with Crippen LogP contribution in [0.4, 0.5) is 18.9 Å². The Morgan fingerprint density at radius 1 is 1.23 bits per heavy atom. The smallest absolute Gasteiger partial charge is 0.406 e. The fourth-order valence-electron chi connectivity index (χ4n) is 3.13. The molecule has 3 heterocycles. The first-order valence-electron chi connectivity index (χ1n) is 8.99. The summed E-state index contributed by atoms with van der Waals surface area (Å²) in [4.78, 5) is 6.87. The maximum absolute atomic E-state index is 12.6. The van der Waals surface area contributed by atoms with Crippen molar-refractivity contribution in [1.82, 2.24) is 9.55 Å². The first-order chi connectivity index (χ1) is 14.3. The minimum absolute atomic E-state index is 0.256. The average Bonchev–Trinajstić information content (AvgIpc) is 3.17. The number of aromatic nitrogens is 2. The first kappa shape index (κ1) is 20.5. The van der Waals surface area contributed by atoms with Gasteiger partial charge in [0.2, 0.25) is 0 Å². The van der Waals surface area contributed by atoms with Crippen molar-refractivity contribution in [1.29, 1.82) is 5.41 Å². The van der Waals surface area contributed by atoms with Crippen LogP contribution in [0, 0.1) is 5.41 Å². The number of halogens is 3. The third-order valence-corrected chi connectivity index (χ3v) is 6.95. The van der Waals surface area contributed by atoms with Gasteiger partial charge in [-0.25, -0.2) is 0 Å². The quantitative estimate of drug-likeness (QED) is 0.664. The second-order valence-electron chi connectivity index (χ2n) is 6.40. The summed E-state index contributed by atoms with van der Waals surface area (Å²) in [5.74, 6) is -0.256. The van der Waals surface area contributed by atoms with Gasteiger partial charge < -0.3 is 14.2 Å². The summed E-state index contributed by atoms with van der Waals surface area (Å²) in [5, 5.41) is 9.45. The lowest BCUT2D eigenvalue weighted by Gasteiger charge is -2.13. The molecule has 0 radical (unpaired) electrons. The zero-order valence-corrected chi connectivity index (χ0v) is 17.7. The molecule has 0 saturated heterocycles. The Labute approximate surface area is 178 Å². The van der Waals surface area contributed by atoms with Crippen LogP contribution in [-0.2, 0) is 6.54 Å². The van der Waals surface area contributed by atoms with Crippen LogP contribution in [0.5, 0.6) is 5.75 Å². The van der Waals surface area contributed by atoms with E-state index in [9.17, 15) is 13.2 Å². The van der Waals surface area contributed by atoms with E-state index in [4.69, 9.17) is 5.41 Å². The zero-order chi connectivity index (χ0) is 21.5. The van der Waals surface area contributed by atoms with Crippen LogP contribution >= 0.6 is 23.1 Å². The van der Waals surface area contributed by atoms with Crippen LogP contribution in [0.1, 0.15) is 12.6 Å². The molecule has 0 aliphatic carbocycles. The Kier molecular flexibility index (Phi) is 5.37. The molecule has 3 aromatic rings. The molecule has 156 valence electrons. The lowest BCUT2D eigenvalue weighted by atomic mass is 10.3.